The third-order valence-electron chi connectivity index (χ3n) is 1.96. The first-order chi connectivity index (χ1) is 6.15. The summed E-state index contributed by atoms with van der Waals surface area (Å²) in [6.45, 7) is 2.00. The number of benzene rings is 1. The van der Waals surface area contributed by atoms with E-state index in [0.717, 1.165) is 5.56 Å². The summed E-state index contributed by atoms with van der Waals surface area (Å²) in [5.74, 6) is -0.0820. The minimum Gasteiger partial charge on any atom is -0.478 e. The predicted molar refractivity (Wildman–Crippen MR) is 52.5 cm³/mol. The average Bonchev–Trinajstić information content (AvgIpc) is 2.17. The van der Waals surface area contributed by atoms with Gasteiger partial charge in [0.2, 0.25) is 0 Å². The Hall–Kier alpha value is -1.02. The molecule has 1 N–H and O–H groups in total. The molecule has 0 heterocycles. The number of aromatic carboxylic acids is 1. The second-order valence-corrected chi connectivity index (χ2v) is 3.29. The maximum Gasteiger partial charge on any atom is 0.335 e. The molecule has 1 rings (SSSR count). The Morgan fingerprint density at radius 3 is 2.38 bits per heavy atom. The number of carbonyl (C=O) groups is 1. The topological polar surface area (TPSA) is 37.3 Å². The molecule has 0 radical (unpaired) electrons. The summed E-state index contributed by atoms with van der Waals surface area (Å²) >= 11 is 5.67. The van der Waals surface area contributed by atoms with Gasteiger partial charge in [0, 0.05) is 5.88 Å². The minimum absolute atomic E-state index is 0.268. The molecule has 2 nitrogen and oxygen atoms in total. The number of carboxylic acid groups (broad SMARTS) is 1. The summed E-state index contributed by atoms with van der Waals surface area (Å²) in [5, 5.41) is 8.65. The van der Waals surface area contributed by atoms with Crippen molar-refractivity contribution in [2.75, 3.05) is 5.88 Å². The highest BCUT2D eigenvalue weighted by Gasteiger charge is 2.05. The third-order valence-corrected chi connectivity index (χ3v) is 2.42. The number of rotatable bonds is 3. The molecule has 0 aliphatic rings. The SMILES string of the molecule is CC(CCl)c1ccc(C(=O)O)cc1. The Labute approximate surface area is 82.2 Å². The Balaban J connectivity index is 2.87. The predicted octanol–water partition coefficient (Wildman–Crippen LogP) is 2.73. The lowest BCUT2D eigenvalue weighted by molar-refractivity contribution is 0.0697. The molecule has 0 aliphatic carbocycles. The van der Waals surface area contributed by atoms with Crippen molar-refractivity contribution in [1.29, 1.82) is 0 Å². The summed E-state index contributed by atoms with van der Waals surface area (Å²) in [4.78, 5) is 10.5. The van der Waals surface area contributed by atoms with E-state index in [1.807, 2.05) is 6.92 Å². The van der Waals surface area contributed by atoms with Crippen LogP contribution in [0.15, 0.2) is 24.3 Å². The maximum atomic E-state index is 10.5. The molecule has 1 aromatic rings. The first-order valence-electron chi connectivity index (χ1n) is 4.04. The van der Waals surface area contributed by atoms with Gasteiger partial charge in [-0.05, 0) is 23.6 Å². The molecule has 1 unspecified atom stereocenters. The van der Waals surface area contributed by atoms with Gasteiger partial charge >= 0.3 is 5.97 Å². The fraction of sp³-hybridized carbons (Fsp3) is 0.300. The highest BCUT2D eigenvalue weighted by molar-refractivity contribution is 6.18. The molecule has 0 bridgehead atoms. The van der Waals surface area contributed by atoms with E-state index in [0.29, 0.717) is 11.4 Å². The summed E-state index contributed by atoms with van der Waals surface area (Å²) in [6.07, 6.45) is 0. The van der Waals surface area contributed by atoms with E-state index < -0.39 is 5.97 Å². The molecule has 1 aromatic carbocycles. The summed E-state index contributed by atoms with van der Waals surface area (Å²) in [7, 11) is 0. The molecular formula is C10H11ClO2. The van der Waals surface area contributed by atoms with Crippen molar-refractivity contribution in [3.8, 4) is 0 Å². The molecule has 13 heavy (non-hydrogen) atoms. The third kappa shape index (κ3) is 2.46. The second-order valence-electron chi connectivity index (χ2n) is 2.98. The fourth-order valence-electron chi connectivity index (χ4n) is 1.04. The van der Waals surface area contributed by atoms with Gasteiger partial charge in [-0.2, -0.15) is 0 Å². The van der Waals surface area contributed by atoms with Gasteiger partial charge in [-0.15, -0.1) is 11.6 Å². The quantitative estimate of drug-likeness (QED) is 0.759. The normalized spacial score (nSPS) is 12.5. The largest absolute Gasteiger partial charge is 0.478 e. The van der Waals surface area contributed by atoms with Crippen molar-refractivity contribution in [3.05, 3.63) is 35.4 Å². The van der Waals surface area contributed by atoms with Crippen molar-refractivity contribution in [3.63, 3.8) is 0 Å². The van der Waals surface area contributed by atoms with Crippen LogP contribution in [0.2, 0.25) is 0 Å². The number of alkyl halides is 1. The lowest BCUT2D eigenvalue weighted by atomic mass is 10.0. The van der Waals surface area contributed by atoms with Crippen molar-refractivity contribution in [2.45, 2.75) is 12.8 Å². The average molecular weight is 199 g/mol. The Kier molecular flexibility index (Phi) is 3.32. The van der Waals surface area contributed by atoms with E-state index in [2.05, 4.69) is 0 Å². The molecule has 70 valence electrons. The van der Waals surface area contributed by atoms with Crippen LogP contribution in [0.4, 0.5) is 0 Å². The second kappa shape index (κ2) is 4.28. The van der Waals surface area contributed by atoms with Crippen LogP contribution in [-0.4, -0.2) is 17.0 Å². The van der Waals surface area contributed by atoms with E-state index in [4.69, 9.17) is 16.7 Å². The molecule has 0 fully saturated rings. The number of halogens is 1. The first kappa shape index (κ1) is 10.1. The Bertz CT molecular complexity index is 292. The Morgan fingerprint density at radius 2 is 2.00 bits per heavy atom. The zero-order chi connectivity index (χ0) is 9.84. The number of hydrogen-bond donors (Lipinski definition) is 1. The maximum absolute atomic E-state index is 10.5. The van der Waals surface area contributed by atoms with Crippen LogP contribution in [0.5, 0.6) is 0 Å². The van der Waals surface area contributed by atoms with Crippen LogP contribution >= 0.6 is 11.6 Å². The molecule has 0 aliphatic heterocycles. The van der Waals surface area contributed by atoms with Gasteiger partial charge in [-0.3, -0.25) is 0 Å². The summed E-state index contributed by atoms with van der Waals surface area (Å²) in [6, 6.07) is 6.80. The molecule has 0 saturated carbocycles. The van der Waals surface area contributed by atoms with Crippen LogP contribution < -0.4 is 0 Å². The van der Waals surface area contributed by atoms with Gasteiger partial charge in [0.15, 0.2) is 0 Å². The van der Waals surface area contributed by atoms with Gasteiger partial charge in [0.25, 0.3) is 0 Å². The van der Waals surface area contributed by atoms with Crippen molar-refractivity contribution < 1.29 is 9.90 Å². The van der Waals surface area contributed by atoms with Crippen LogP contribution in [0.3, 0.4) is 0 Å². The Morgan fingerprint density at radius 1 is 1.46 bits per heavy atom. The highest BCUT2D eigenvalue weighted by atomic mass is 35.5. The standard InChI is InChI=1S/C10H11ClO2/c1-7(6-11)8-2-4-9(5-3-8)10(12)13/h2-5,7H,6H2,1H3,(H,12,13). The van der Waals surface area contributed by atoms with Crippen molar-refractivity contribution in [2.24, 2.45) is 0 Å². The van der Waals surface area contributed by atoms with E-state index >= 15 is 0 Å². The van der Waals surface area contributed by atoms with Crippen LogP contribution in [-0.2, 0) is 0 Å². The number of carboxylic acids is 1. The molecular weight excluding hydrogens is 188 g/mol. The molecule has 0 aromatic heterocycles. The van der Waals surface area contributed by atoms with Gasteiger partial charge in [0.05, 0.1) is 5.56 Å². The molecule has 0 spiro atoms. The summed E-state index contributed by atoms with van der Waals surface area (Å²) in [5.41, 5.74) is 1.38. The molecule has 1 atom stereocenters. The van der Waals surface area contributed by atoms with Crippen LogP contribution in [0.1, 0.15) is 28.8 Å². The van der Waals surface area contributed by atoms with E-state index in [1.165, 1.54) is 0 Å². The zero-order valence-corrected chi connectivity index (χ0v) is 8.08. The lowest BCUT2D eigenvalue weighted by Crippen LogP contribution is -1.98. The zero-order valence-electron chi connectivity index (χ0n) is 7.33. The van der Waals surface area contributed by atoms with Crippen LogP contribution in [0.25, 0.3) is 0 Å². The van der Waals surface area contributed by atoms with Crippen LogP contribution in [0, 0.1) is 0 Å². The molecule has 3 heteroatoms. The van der Waals surface area contributed by atoms with E-state index in [1.54, 1.807) is 24.3 Å². The van der Waals surface area contributed by atoms with E-state index in [9.17, 15) is 4.79 Å². The number of hydrogen-bond acceptors (Lipinski definition) is 1. The van der Waals surface area contributed by atoms with Gasteiger partial charge in [-0.1, -0.05) is 19.1 Å². The van der Waals surface area contributed by atoms with Crippen molar-refractivity contribution >= 4 is 17.6 Å². The highest BCUT2D eigenvalue weighted by Crippen LogP contribution is 2.16. The molecule has 0 saturated heterocycles. The van der Waals surface area contributed by atoms with Gasteiger partial charge < -0.3 is 5.11 Å². The summed E-state index contributed by atoms with van der Waals surface area (Å²) < 4.78 is 0. The van der Waals surface area contributed by atoms with Crippen molar-refractivity contribution in [1.82, 2.24) is 0 Å². The van der Waals surface area contributed by atoms with Gasteiger partial charge in [0.1, 0.15) is 0 Å². The van der Waals surface area contributed by atoms with Gasteiger partial charge in [-0.25, -0.2) is 4.79 Å². The minimum atomic E-state index is -0.898. The monoisotopic (exact) mass is 198 g/mol. The first-order valence-corrected chi connectivity index (χ1v) is 4.58. The van der Waals surface area contributed by atoms with E-state index in [-0.39, 0.29) is 5.92 Å². The smallest absolute Gasteiger partial charge is 0.335 e. The lowest BCUT2D eigenvalue weighted by Gasteiger charge is -2.07. The molecule has 0 amide bonds. The fourth-order valence-corrected chi connectivity index (χ4v) is 1.22.